The minimum absolute atomic E-state index is 0.231. The first-order valence-electron chi connectivity index (χ1n) is 5.62. The van der Waals surface area contributed by atoms with E-state index in [0.717, 1.165) is 11.3 Å². The number of hydrogen-bond donors (Lipinski definition) is 0. The summed E-state index contributed by atoms with van der Waals surface area (Å²) in [4.78, 5) is 0. The zero-order valence-electron chi connectivity index (χ0n) is 10.5. The van der Waals surface area contributed by atoms with Crippen LogP contribution in [0, 0.1) is 0 Å². The fraction of sp³-hybridized carbons (Fsp3) is 0.429. The highest BCUT2D eigenvalue weighted by Crippen LogP contribution is 2.42. The largest absolute Gasteiger partial charge is 0.496 e. The Kier molecular flexibility index (Phi) is 3.50. The monoisotopic (exact) mass is 234 g/mol. The van der Waals surface area contributed by atoms with Gasteiger partial charge in [-0.15, -0.1) is 0 Å². The lowest BCUT2D eigenvalue weighted by molar-refractivity contribution is 0.0832. The van der Waals surface area contributed by atoms with E-state index >= 15 is 0 Å². The molecule has 17 heavy (non-hydrogen) atoms. The lowest BCUT2D eigenvalue weighted by atomic mass is 9.83. The quantitative estimate of drug-likeness (QED) is 0.782. The van der Waals surface area contributed by atoms with Crippen molar-refractivity contribution < 1.29 is 14.2 Å². The zero-order chi connectivity index (χ0) is 12.3. The summed E-state index contributed by atoms with van der Waals surface area (Å²) in [5.74, 6) is 0.890. The molecule has 1 aromatic carbocycles. The van der Waals surface area contributed by atoms with Gasteiger partial charge < -0.3 is 14.2 Å². The van der Waals surface area contributed by atoms with Gasteiger partial charge >= 0.3 is 0 Å². The molecule has 92 valence electrons. The molecule has 0 unspecified atom stereocenters. The Morgan fingerprint density at radius 3 is 2.35 bits per heavy atom. The Hall–Kier alpha value is -1.32. The predicted molar refractivity (Wildman–Crippen MR) is 67.5 cm³/mol. The normalized spacial score (nSPS) is 15.9. The van der Waals surface area contributed by atoms with E-state index in [1.165, 1.54) is 5.56 Å². The molecule has 0 saturated carbocycles. The maximum Gasteiger partial charge on any atom is 0.123 e. The molecule has 0 amide bonds. The second kappa shape index (κ2) is 4.90. The van der Waals surface area contributed by atoms with E-state index < -0.39 is 0 Å². The molecular weight excluding hydrogens is 216 g/mol. The highest BCUT2D eigenvalue weighted by Gasteiger charge is 2.37. The lowest BCUT2D eigenvalue weighted by Gasteiger charge is -2.29. The van der Waals surface area contributed by atoms with Crippen LogP contribution in [0.2, 0.25) is 0 Å². The van der Waals surface area contributed by atoms with Gasteiger partial charge in [0.25, 0.3) is 0 Å². The maximum absolute atomic E-state index is 5.45. The standard InChI is InChI=1S/C14H18O3/c1-15-9-14(10-16-2)8-7-11-5-4-6-12(17-3)13(11)14/h4-8H,9-10H2,1-3H3. The lowest BCUT2D eigenvalue weighted by Crippen LogP contribution is -2.33. The minimum Gasteiger partial charge on any atom is -0.496 e. The molecule has 0 heterocycles. The van der Waals surface area contributed by atoms with Gasteiger partial charge in [0.05, 0.1) is 25.7 Å². The van der Waals surface area contributed by atoms with Crippen molar-refractivity contribution in [2.75, 3.05) is 34.5 Å². The van der Waals surface area contributed by atoms with Gasteiger partial charge in [-0.05, 0) is 11.6 Å². The molecule has 1 aromatic rings. The summed E-state index contributed by atoms with van der Waals surface area (Å²) in [5, 5.41) is 0. The van der Waals surface area contributed by atoms with Crippen molar-refractivity contribution in [3.05, 3.63) is 35.4 Å². The molecule has 0 atom stereocenters. The summed E-state index contributed by atoms with van der Waals surface area (Å²) in [7, 11) is 5.11. The predicted octanol–water partition coefficient (Wildman–Crippen LogP) is 2.25. The van der Waals surface area contributed by atoms with Crippen LogP contribution in [0.4, 0.5) is 0 Å². The van der Waals surface area contributed by atoms with Crippen LogP contribution in [-0.2, 0) is 14.9 Å². The number of rotatable bonds is 5. The van der Waals surface area contributed by atoms with E-state index in [0.29, 0.717) is 13.2 Å². The first-order valence-corrected chi connectivity index (χ1v) is 5.62. The Labute approximate surface area is 102 Å². The zero-order valence-corrected chi connectivity index (χ0v) is 10.5. The molecule has 0 N–H and O–H groups in total. The average Bonchev–Trinajstić information content (AvgIpc) is 2.70. The molecule has 0 radical (unpaired) electrons. The van der Waals surface area contributed by atoms with Crippen LogP contribution in [-0.4, -0.2) is 34.5 Å². The van der Waals surface area contributed by atoms with Gasteiger partial charge in [0.2, 0.25) is 0 Å². The van der Waals surface area contributed by atoms with Gasteiger partial charge in [0.15, 0.2) is 0 Å². The van der Waals surface area contributed by atoms with Crippen molar-refractivity contribution in [2.45, 2.75) is 5.41 Å². The fourth-order valence-corrected chi connectivity index (χ4v) is 2.52. The van der Waals surface area contributed by atoms with E-state index in [4.69, 9.17) is 14.2 Å². The summed E-state index contributed by atoms with van der Waals surface area (Å²) >= 11 is 0. The summed E-state index contributed by atoms with van der Waals surface area (Å²) < 4.78 is 16.2. The Morgan fingerprint density at radius 2 is 1.76 bits per heavy atom. The second-order valence-corrected chi connectivity index (χ2v) is 4.28. The van der Waals surface area contributed by atoms with Crippen molar-refractivity contribution in [3.8, 4) is 5.75 Å². The van der Waals surface area contributed by atoms with Crippen molar-refractivity contribution >= 4 is 6.08 Å². The molecule has 0 saturated heterocycles. The van der Waals surface area contributed by atoms with Crippen molar-refractivity contribution in [3.63, 3.8) is 0 Å². The van der Waals surface area contributed by atoms with Crippen molar-refractivity contribution in [1.29, 1.82) is 0 Å². The van der Waals surface area contributed by atoms with Crippen LogP contribution in [0.1, 0.15) is 11.1 Å². The van der Waals surface area contributed by atoms with E-state index in [1.807, 2.05) is 12.1 Å². The third-order valence-corrected chi connectivity index (χ3v) is 3.16. The molecule has 3 nitrogen and oxygen atoms in total. The Balaban J connectivity index is 2.50. The van der Waals surface area contributed by atoms with E-state index in [9.17, 15) is 0 Å². The topological polar surface area (TPSA) is 27.7 Å². The molecule has 3 heteroatoms. The molecule has 0 fully saturated rings. The van der Waals surface area contributed by atoms with Gasteiger partial charge in [0, 0.05) is 19.8 Å². The fourth-order valence-electron chi connectivity index (χ4n) is 2.52. The highest BCUT2D eigenvalue weighted by molar-refractivity contribution is 5.69. The van der Waals surface area contributed by atoms with Crippen LogP contribution < -0.4 is 4.74 Å². The van der Waals surface area contributed by atoms with E-state index in [1.54, 1.807) is 21.3 Å². The van der Waals surface area contributed by atoms with Gasteiger partial charge in [-0.2, -0.15) is 0 Å². The van der Waals surface area contributed by atoms with Crippen LogP contribution >= 0.6 is 0 Å². The van der Waals surface area contributed by atoms with Crippen LogP contribution in [0.3, 0.4) is 0 Å². The van der Waals surface area contributed by atoms with Crippen molar-refractivity contribution in [1.82, 2.24) is 0 Å². The molecule has 0 bridgehead atoms. The van der Waals surface area contributed by atoms with Crippen LogP contribution in [0.15, 0.2) is 24.3 Å². The Bertz CT molecular complexity index is 417. The molecule has 0 spiro atoms. The first-order chi connectivity index (χ1) is 8.27. The third kappa shape index (κ3) is 1.96. The molecule has 1 aliphatic rings. The maximum atomic E-state index is 5.45. The van der Waals surface area contributed by atoms with Crippen molar-refractivity contribution in [2.24, 2.45) is 0 Å². The minimum atomic E-state index is -0.231. The smallest absolute Gasteiger partial charge is 0.123 e. The number of fused-ring (bicyclic) bond motifs is 1. The van der Waals surface area contributed by atoms with Crippen LogP contribution in [0.25, 0.3) is 6.08 Å². The summed E-state index contributed by atoms with van der Waals surface area (Å²) in [6.45, 7) is 1.18. The van der Waals surface area contributed by atoms with Gasteiger partial charge in [-0.1, -0.05) is 24.3 Å². The number of hydrogen-bond acceptors (Lipinski definition) is 3. The third-order valence-electron chi connectivity index (χ3n) is 3.16. The van der Waals surface area contributed by atoms with Crippen LogP contribution in [0.5, 0.6) is 5.75 Å². The van der Waals surface area contributed by atoms with E-state index in [-0.39, 0.29) is 5.41 Å². The van der Waals surface area contributed by atoms with Gasteiger partial charge in [-0.25, -0.2) is 0 Å². The second-order valence-electron chi connectivity index (χ2n) is 4.28. The molecule has 0 aromatic heterocycles. The molecule has 1 aliphatic carbocycles. The number of methoxy groups -OCH3 is 3. The molecule has 0 aliphatic heterocycles. The van der Waals surface area contributed by atoms with Gasteiger partial charge in [0.1, 0.15) is 5.75 Å². The highest BCUT2D eigenvalue weighted by atomic mass is 16.5. The van der Waals surface area contributed by atoms with Gasteiger partial charge in [-0.3, -0.25) is 0 Å². The SMILES string of the molecule is COCC1(COC)C=Cc2cccc(OC)c21. The summed E-state index contributed by atoms with van der Waals surface area (Å²) in [5.41, 5.74) is 2.11. The molecule has 2 rings (SSSR count). The average molecular weight is 234 g/mol. The Morgan fingerprint density at radius 1 is 1.06 bits per heavy atom. The van der Waals surface area contributed by atoms with E-state index in [2.05, 4.69) is 18.2 Å². The summed E-state index contributed by atoms with van der Waals surface area (Å²) in [6, 6.07) is 6.06. The number of benzene rings is 1. The number of ether oxygens (including phenoxy) is 3. The first kappa shape index (κ1) is 12.1. The summed E-state index contributed by atoms with van der Waals surface area (Å²) in [6.07, 6.45) is 4.25. The molecular formula is C14H18O3.